The molecule has 0 spiro atoms. The molecule has 1 aliphatic heterocycles. The van der Waals surface area contributed by atoms with E-state index in [0.29, 0.717) is 44.2 Å². The number of likely N-dealkylation sites (tertiary alicyclic amines) is 1. The van der Waals surface area contributed by atoms with Crippen molar-refractivity contribution < 1.29 is 43.3 Å². The average molecular weight is 499 g/mol. The predicted molar refractivity (Wildman–Crippen MR) is 126 cm³/mol. The van der Waals surface area contributed by atoms with Crippen molar-refractivity contribution in [2.75, 3.05) is 59.8 Å². The van der Waals surface area contributed by atoms with Crippen LogP contribution in [-0.2, 0) is 33.8 Å². The maximum atomic E-state index is 13.1. The van der Waals surface area contributed by atoms with Crippen molar-refractivity contribution in [3.63, 3.8) is 0 Å². The number of carbonyl (C=O) groups is 2. The van der Waals surface area contributed by atoms with Crippen LogP contribution >= 0.6 is 0 Å². The summed E-state index contributed by atoms with van der Waals surface area (Å²) in [7, 11) is 1.60. The first-order valence-corrected chi connectivity index (χ1v) is 11.8. The molecule has 2 amide bonds. The molecule has 1 fully saturated rings. The Kier molecular flexibility index (Phi) is 12.8. The summed E-state index contributed by atoms with van der Waals surface area (Å²) in [4.78, 5) is 36.9. The number of nitrogens with zero attached hydrogens (tertiary/aromatic N) is 1. The lowest BCUT2D eigenvalue weighted by Crippen LogP contribution is -2.43. The average Bonchev–Trinajstić information content (AvgIpc) is 3.35. The van der Waals surface area contributed by atoms with E-state index in [0.717, 1.165) is 12.8 Å². The van der Waals surface area contributed by atoms with Gasteiger partial charge in [0.2, 0.25) is 5.91 Å². The van der Waals surface area contributed by atoms with E-state index in [1.807, 2.05) is 0 Å². The zero-order valence-electron chi connectivity index (χ0n) is 21.1. The maximum Gasteiger partial charge on any atom is 0.408 e. The summed E-state index contributed by atoms with van der Waals surface area (Å²) >= 11 is 0. The Hall–Kier alpha value is -2.44. The second-order valence-corrected chi connectivity index (χ2v) is 8.85. The number of hydrogen-bond acceptors (Lipinski definition) is 9. The molecule has 1 N–H and O–H groups in total. The quantitative estimate of drug-likeness (QED) is 0.221. The van der Waals surface area contributed by atoms with E-state index in [1.165, 1.54) is 0 Å². The standard InChI is InChI=1S/C24H38N2O9/c1-24(2,3)34-23(28)25-21(22(27)26-11-5-6-12-26)19-7-9-20(10-8-19)31-16-18-33-35-32-17-15-30-14-13-29-4/h7-10,21H,5-6,11-18H2,1-4H3,(H,25,28)/t21-/m0/s1. The third-order valence-electron chi connectivity index (χ3n) is 4.81. The highest BCUT2D eigenvalue weighted by molar-refractivity contribution is 5.87. The fourth-order valence-corrected chi connectivity index (χ4v) is 3.22. The van der Waals surface area contributed by atoms with Gasteiger partial charge in [-0.25, -0.2) is 14.6 Å². The molecule has 1 heterocycles. The van der Waals surface area contributed by atoms with Crippen LogP contribution in [0.15, 0.2) is 24.3 Å². The summed E-state index contributed by atoms with van der Waals surface area (Å²) in [6, 6.07) is 6.10. The summed E-state index contributed by atoms with van der Waals surface area (Å²) < 4.78 is 21.0. The molecule has 198 valence electrons. The van der Waals surface area contributed by atoms with Gasteiger partial charge in [-0.15, -0.1) is 0 Å². The van der Waals surface area contributed by atoms with Crippen molar-refractivity contribution >= 4 is 12.0 Å². The molecule has 1 aromatic carbocycles. The minimum atomic E-state index is -0.843. The summed E-state index contributed by atoms with van der Waals surface area (Å²) in [5.41, 5.74) is -0.0293. The molecule has 11 heteroatoms. The van der Waals surface area contributed by atoms with E-state index in [-0.39, 0.29) is 25.7 Å². The molecule has 0 aliphatic carbocycles. The highest BCUT2D eigenvalue weighted by Crippen LogP contribution is 2.23. The van der Waals surface area contributed by atoms with E-state index in [4.69, 9.17) is 28.7 Å². The number of carbonyl (C=O) groups excluding carboxylic acids is 2. The van der Waals surface area contributed by atoms with Gasteiger partial charge in [-0.3, -0.25) is 4.79 Å². The minimum absolute atomic E-state index is 0.141. The van der Waals surface area contributed by atoms with Gasteiger partial charge < -0.3 is 29.2 Å². The van der Waals surface area contributed by atoms with E-state index in [2.05, 4.69) is 10.4 Å². The van der Waals surface area contributed by atoms with Gasteiger partial charge >= 0.3 is 6.09 Å². The van der Waals surface area contributed by atoms with Crippen LogP contribution in [0.5, 0.6) is 5.75 Å². The van der Waals surface area contributed by atoms with Crippen LogP contribution in [0.3, 0.4) is 0 Å². The number of alkyl carbamates (subject to hydrolysis) is 1. The molecule has 0 saturated carbocycles. The van der Waals surface area contributed by atoms with E-state index in [9.17, 15) is 9.59 Å². The number of nitrogens with one attached hydrogen (secondary N) is 1. The van der Waals surface area contributed by atoms with Gasteiger partial charge in [-0.2, -0.15) is 0 Å². The first-order valence-electron chi connectivity index (χ1n) is 11.8. The summed E-state index contributed by atoms with van der Waals surface area (Å²) in [5, 5.41) is 7.31. The van der Waals surface area contributed by atoms with Crippen LogP contribution in [0.1, 0.15) is 45.2 Å². The van der Waals surface area contributed by atoms with Gasteiger partial charge in [0.25, 0.3) is 0 Å². The molecule has 0 unspecified atom stereocenters. The van der Waals surface area contributed by atoms with E-state index < -0.39 is 17.7 Å². The number of methoxy groups -OCH3 is 1. The molecule has 0 radical (unpaired) electrons. The van der Waals surface area contributed by atoms with Gasteiger partial charge in [0.1, 0.15) is 37.2 Å². The van der Waals surface area contributed by atoms with Gasteiger partial charge in [-0.05, 0) is 51.3 Å². The molecule has 1 aliphatic rings. The second kappa shape index (κ2) is 15.5. The van der Waals surface area contributed by atoms with Crippen LogP contribution in [0.4, 0.5) is 4.79 Å². The van der Waals surface area contributed by atoms with E-state index >= 15 is 0 Å². The number of hydrogen-bond donors (Lipinski definition) is 1. The second-order valence-electron chi connectivity index (χ2n) is 8.85. The monoisotopic (exact) mass is 498 g/mol. The highest BCUT2D eigenvalue weighted by atomic mass is 17.5. The fraction of sp³-hybridized carbons (Fsp3) is 0.667. The summed E-state index contributed by atoms with van der Waals surface area (Å²) in [6.07, 6.45) is 1.27. The molecule has 35 heavy (non-hydrogen) atoms. The van der Waals surface area contributed by atoms with Crippen molar-refractivity contribution in [2.24, 2.45) is 0 Å². The van der Waals surface area contributed by atoms with Crippen LogP contribution in [0, 0.1) is 0 Å². The predicted octanol–water partition coefficient (Wildman–Crippen LogP) is 2.80. The number of benzene rings is 1. The normalized spacial score (nSPS) is 14.6. The Balaban J connectivity index is 1.78. The zero-order valence-corrected chi connectivity index (χ0v) is 21.1. The highest BCUT2D eigenvalue weighted by Gasteiger charge is 2.30. The van der Waals surface area contributed by atoms with E-state index in [1.54, 1.807) is 57.0 Å². The Morgan fingerprint density at radius 3 is 2.20 bits per heavy atom. The van der Waals surface area contributed by atoms with Crippen molar-refractivity contribution in [1.82, 2.24) is 10.2 Å². The van der Waals surface area contributed by atoms with Crippen molar-refractivity contribution in [3.05, 3.63) is 29.8 Å². The summed E-state index contributed by atoms with van der Waals surface area (Å²) in [5.74, 6) is 0.422. The first kappa shape index (κ1) is 28.8. The number of amides is 2. The Bertz CT molecular complexity index is 746. The minimum Gasteiger partial charge on any atom is -0.491 e. The Morgan fingerprint density at radius 1 is 0.943 bits per heavy atom. The van der Waals surface area contributed by atoms with Crippen LogP contribution in [0.2, 0.25) is 0 Å². The fourth-order valence-electron chi connectivity index (χ4n) is 3.22. The topological polar surface area (TPSA) is 114 Å². The molecular formula is C24H38N2O9. The molecule has 2 rings (SSSR count). The molecule has 1 atom stereocenters. The Morgan fingerprint density at radius 2 is 1.57 bits per heavy atom. The number of rotatable bonds is 15. The lowest BCUT2D eigenvalue weighted by molar-refractivity contribution is -0.513. The largest absolute Gasteiger partial charge is 0.491 e. The van der Waals surface area contributed by atoms with Crippen LogP contribution in [0.25, 0.3) is 0 Å². The smallest absolute Gasteiger partial charge is 0.408 e. The third kappa shape index (κ3) is 11.7. The van der Waals surface area contributed by atoms with Gasteiger partial charge in [0.05, 0.1) is 19.8 Å². The molecule has 0 bridgehead atoms. The first-order chi connectivity index (χ1) is 16.8. The molecule has 1 saturated heterocycles. The van der Waals surface area contributed by atoms with Gasteiger partial charge in [0, 0.05) is 20.2 Å². The Labute approximate surface area is 206 Å². The van der Waals surface area contributed by atoms with Crippen LogP contribution in [-0.4, -0.2) is 82.3 Å². The molecular weight excluding hydrogens is 460 g/mol. The lowest BCUT2D eigenvalue weighted by atomic mass is 10.1. The van der Waals surface area contributed by atoms with Gasteiger partial charge in [0.15, 0.2) is 0 Å². The lowest BCUT2D eigenvalue weighted by Gasteiger charge is -2.26. The van der Waals surface area contributed by atoms with Crippen LogP contribution < -0.4 is 10.1 Å². The van der Waals surface area contributed by atoms with Crippen molar-refractivity contribution in [2.45, 2.75) is 45.3 Å². The van der Waals surface area contributed by atoms with Crippen molar-refractivity contribution in [3.8, 4) is 5.75 Å². The maximum absolute atomic E-state index is 13.1. The molecule has 11 nitrogen and oxygen atoms in total. The zero-order chi connectivity index (χ0) is 25.5. The number of ether oxygens (including phenoxy) is 4. The summed E-state index contributed by atoms with van der Waals surface area (Å²) in [6.45, 7) is 8.63. The molecule has 1 aromatic rings. The molecule has 0 aromatic heterocycles. The van der Waals surface area contributed by atoms with Gasteiger partial charge in [-0.1, -0.05) is 17.2 Å². The SMILES string of the molecule is COCCOCCOOOCCOc1ccc([C@H](NC(=O)OC(C)(C)C)C(=O)N2CCCC2)cc1. The third-order valence-corrected chi connectivity index (χ3v) is 4.81. The van der Waals surface area contributed by atoms with Crippen molar-refractivity contribution in [1.29, 1.82) is 0 Å².